The molecular weight excluding hydrogens is 354 g/mol. The number of carbonyl (C=O) groups excluding carboxylic acids is 1. The molecule has 1 atom stereocenters. The van der Waals surface area contributed by atoms with E-state index in [0.29, 0.717) is 45.4 Å². The molecule has 0 bridgehead atoms. The Balaban J connectivity index is 1.67. The van der Waals surface area contributed by atoms with Gasteiger partial charge in [0.05, 0.1) is 6.42 Å². The first-order valence-corrected chi connectivity index (χ1v) is 8.50. The average Bonchev–Trinajstić information content (AvgIpc) is 3.03. The number of methoxy groups -OCH3 is 1. The highest BCUT2D eigenvalue weighted by Crippen LogP contribution is 2.35. The molecule has 0 radical (unpaired) electrons. The lowest BCUT2D eigenvalue weighted by molar-refractivity contribution is -0.115. The minimum Gasteiger partial charge on any atom is -0.486 e. The molecule has 1 aromatic heterocycles. The van der Waals surface area contributed by atoms with Gasteiger partial charge in [-0.15, -0.1) is 10.2 Å². The van der Waals surface area contributed by atoms with E-state index in [0.717, 1.165) is 0 Å². The zero-order chi connectivity index (χ0) is 17.1. The third kappa shape index (κ3) is 3.77. The molecular formula is C15H16ClN3O4S. The van der Waals surface area contributed by atoms with Gasteiger partial charge in [-0.05, 0) is 18.6 Å². The highest BCUT2D eigenvalue weighted by molar-refractivity contribution is 7.15. The van der Waals surface area contributed by atoms with Crippen molar-refractivity contribution >= 4 is 34.0 Å². The first-order valence-electron chi connectivity index (χ1n) is 7.31. The summed E-state index contributed by atoms with van der Waals surface area (Å²) in [5.74, 6) is 0.958. The van der Waals surface area contributed by atoms with Crippen molar-refractivity contribution in [3.63, 3.8) is 0 Å². The highest BCUT2D eigenvalue weighted by Gasteiger charge is 2.18. The molecule has 9 heteroatoms. The molecule has 0 spiro atoms. The predicted molar refractivity (Wildman–Crippen MR) is 90.1 cm³/mol. The lowest BCUT2D eigenvalue weighted by atomic mass is 10.1. The summed E-state index contributed by atoms with van der Waals surface area (Å²) in [6, 6.07) is 3.40. The Labute approximate surface area is 147 Å². The van der Waals surface area contributed by atoms with Crippen LogP contribution in [0, 0.1) is 0 Å². The fraction of sp³-hybridized carbons (Fsp3) is 0.400. The first kappa shape index (κ1) is 16.9. The summed E-state index contributed by atoms with van der Waals surface area (Å²) in [5, 5.41) is 12.2. The number of hydrogen-bond donors (Lipinski definition) is 1. The molecule has 1 aromatic carbocycles. The number of hydrogen-bond acceptors (Lipinski definition) is 7. The number of halogens is 1. The van der Waals surface area contributed by atoms with Gasteiger partial charge in [-0.1, -0.05) is 22.9 Å². The predicted octanol–water partition coefficient (Wildman–Crippen LogP) is 2.85. The maximum Gasteiger partial charge on any atom is 0.230 e. The summed E-state index contributed by atoms with van der Waals surface area (Å²) in [5.41, 5.74) is 0.661. The van der Waals surface area contributed by atoms with Gasteiger partial charge in [-0.25, -0.2) is 0 Å². The molecule has 1 aliphatic rings. The van der Waals surface area contributed by atoms with Crippen LogP contribution in [-0.2, 0) is 16.0 Å². The van der Waals surface area contributed by atoms with Crippen LogP contribution in [0.2, 0.25) is 5.02 Å². The third-order valence-corrected chi connectivity index (χ3v) is 4.80. The fourth-order valence-electron chi connectivity index (χ4n) is 2.13. The van der Waals surface area contributed by atoms with Gasteiger partial charge in [0, 0.05) is 18.2 Å². The number of benzene rings is 1. The van der Waals surface area contributed by atoms with Crippen LogP contribution in [0.15, 0.2) is 12.1 Å². The Morgan fingerprint density at radius 3 is 2.79 bits per heavy atom. The van der Waals surface area contributed by atoms with Gasteiger partial charge in [0.1, 0.15) is 24.3 Å². The molecule has 7 nitrogen and oxygen atoms in total. The second-order valence-electron chi connectivity index (χ2n) is 5.14. The minimum atomic E-state index is -0.235. The van der Waals surface area contributed by atoms with Crippen LogP contribution < -0.4 is 14.8 Å². The molecule has 24 heavy (non-hydrogen) atoms. The number of ether oxygens (including phenoxy) is 3. The molecule has 2 heterocycles. The molecule has 0 aliphatic carbocycles. The van der Waals surface area contributed by atoms with Crippen molar-refractivity contribution in [1.29, 1.82) is 0 Å². The SMILES string of the molecule is COC(C)c1nnc(NC(=O)Cc2cc3c(cc2Cl)OCCO3)s1. The smallest absolute Gasteiger partial charge is 0.230 e. The molecule has 1 aliphatic heterocycles. The van der Waals surface area contributed by atoms with Crippen LogP contribution in [0.3, 0.4) is 0 Å². The van der Waals surface area contributed by atoms with E-state index >= 15 is 0 Å². The van der Waals surface area contributed by atoms with E-state index in [1.807, 2.05) is 6.92 Å². The standard InChI is InChI=1S/C15H16ClN3O4S/c1-8(21-2)14-18-19-15(24-14)17-13(20)6-9-5-11-12(7-10(9)16)23-4-3-22-11/h5,7-8H,3-4,6H2,1-2H3,(H,17,19,20). The summed E-state index contributed by atoms with van der Waals surface area (Å²) in [6.45, 7) is 2.83. The molecule has 3 rings (SSSR count). The minimum absolute atomic E-state index is 0.101. The maximum atomic E-state index is 12.2. The molecule has 128 valence electrons. The van der Waals surface area contributed by atoms with E-state index in [1.54, 1.807) is 19.2 Å². The largest absolute Gasteiger partial charge is 0.486 e. The molecule has 0 saturated carbocycles. The zero-order valence-electron chi connectivity index (χ0n) is 13.2. The first-order chi connectivity index (χ1) is 11.6. The van der Waals surface area contributed by atoms with Crippen LogP contribution in [0.25, 0.3) is 0 Å². The fourth-order valence-corrected chi connectivity index (χ4v) is 3.14. The van der Waals surface area contributed by atoms with Crippen LogP contribution >= 0.6 is 22.9 Å². The highest BCUT2D eigenvalue weighted by atomic mass is 35.5. The van der Waals surface area contributed by atoms with E-state index in [4.69, 9.17) is 25.8 Å². The van der Waals surface area contributed by atoms with Gasteiger partial charge in [0.2, 0.25) is 11.0 Å². The summed E-state index contributed by atoms with van der Waals surface area (Å²) in [4.78, 5) is 12.2. The number of fused-ring (bicyclic) bond motifs is 1. The normalized spacial score (nSPS) is 14.3. The monoisotopic (exact) mass is 369 g/mol. The quantitative estimate of drug-likeness (QED) is 0.872. The Kier molecular flexibility index (Phi) is 5.17. The van der Waals surface area contributed by atoms with Gasteiger partial charge in [0.25, 0.3) is 0 Å². The van der Waals surface area contributed by atoms with Crippen molar-refractivity contribution in [2.75, 3.05) is 25.6 Å². The van der Waals surface area contributed by atoms with Crippen molar-refractivity contribution in [2.24, 2.45) is 0 Å². The van der Waals surface area contributed by atoms with Crippen LogP contribution in [0.1, 0.15) is 23.6 Å². The number of nitrogens with one attached hydrogen (secondary N) is 1. The lowest BCUT2D eigenvalue weighted by Crippen LogP contribution is -2.17. The number of nitrogens with zero attached hydrogens (tertiary/aromatic N) is 2. The molecule has 0 fully saturated rings. The van der Waals surface area contributed by atoms with E-state index < -0.39 is 0 Å². The van der Waals surface area contributed by atoms with Crippen LogP contribution in [0.4, 0.5) is 5.13 Å². The molecule has 0 saturated heterocycles. The lowest BCUT2D eigenvalue weighted by Gasteiger charge is -2.19. The second-order valence-corrected chi connectivity index (χ2v) is 6.55. The van der Waals surface area contributed by atoms with Crippen LogP contribution in [-0.4, -0.2) is 36.4 Å². The average molecular weight is 370 g/mol. The van der Waals surface area contributed by atoms with Crippen molar-refractivity contribution in [2.45, 2.75) is 19.4 Å². The van der Waals surface area contributed by atoms with E-state index in [2.05, 4.69) is 15.5 Å². The van der Waals surface area contributed by atoms with Gasteiger partial charge >= 0.3 is 0 Å². The Morgan fingerprint density at radius 1 is 1.38 bits per heavy atom. The topological polar surface area (TPSA) is 82.6 Å². The van der Waals surface area contributed by atoms with Gasteiger partial charge < -0.3 is 19.5 Å². The Bertz CT molecular complexity index is 752. The summed E-state index contributed by atoms with van der Waals surface area (Å²) >= 11 is 7.49. The second kappa shape index (κ2) is 7.33. The molecule has 1 amide bonds. The Morgan fingerprint density at radius 2 is 2.08 bits per heavy atom. The maximum absolute atomic E-state index is 12.2. The molecule has 1 N–H and O–H groups in total. The van der Waals surface area contributed by atoms with Crippen molar-refractivity contribution < 1.29 is 19.0 Å². The number of anilines is 1. The van der Waals surface area contributed by atoms with Crippen molar-refractivity contribution in [3.05, 3.63) is 27.7 Å². The van der Waals surface area contributed by atoms with Crippen molar-refractivity contribution in [1.82, 2.24) is 10.2 Å². The number of rotatable bonds is 5. The number of amides is 1. The van der Waals surface area contributed by atoms with Gasteiger partial charge in [-0.2, -0.15) is 0 Å². The van der Waals surface area contributed by atoms with E-state index in [-0.39, 0.29) is 18.4 Å². The number of aromatic nitrogens is 2. The molecule has 2 aromatic rings. The van der Waals surface area contributed by atoms with Gasteiger partial charge in [-0.3, -0.25) is 4.79 Å². The molecule has 1 unspecified atom stereocenters. The van der Waals surface area contributed by atoms with E-state index in [9.17, 15) is 4.79 Å². The Hall–Kier alpha value is -1.90. The summed E-state index contributed by atoms with van der Waals surface area (Å²) in [6.07, 6.45) is -0.0649. The van der Waals surface area contributed by atoms with Crippen molar-refractivity contribution in [3.8, 4) is 11.5 Å². The number of carbonyl (C=O) groups is 1. The third-order valence-electron chi connectivity index (χ3n) is 3.45. The van der Waals surface area contributed by atoms with Crippen LogP contribution in [0.5, 0.6) is 11.5 Å². The van der Waals surface area contributed by atoms with E-state index in [1.165, 1.54) is 11.3 Å². The summed E-state index contributed by atoms with van der Waals surface area (Å²) < 4.78 is 16.1. The zero-order valence-corrected chi connectivity index (χ0v) is 14.7. The van der Waals surface area contributed by atoms with Gasteiger partial charge in [0.15, 0.2) is 11.5 Å². The summed E-state index contributed by atoms with van der Waals surface area (Å²) in [7, 11) is 1.59.